The van der Waals surface area contributed by atoms with E-state index in [0.717, 1.165) is 40.6 Å². The number of hydrogen-bond acceptors (Lipinski definition) is 4. The highest BCUT2D eigenvalue weighted by atomic mass is 32.1. The van der Waals surface area contributed by atoms with Crippen molar-refractivity contribution < 1.29 is 9.18 Å². The molecule has 1 amide bonds. The Morgan fingerprint density at radius 1 is 0.966 bits per heavy atom. The summed E-state index contributed by atoms with van der Waals surface area (Å²) in [6, 6.07) is 13.9. The first-order valence-corrected chi connectivity index (χ1v) is 10.9. The number of nitrogens with zero attached hydrogens (tertiary/aromatic N) is 1. The van der Waals surface area contributed by atoms with Gasteiger partial charge in [0.15, 0.2) is 5.13 Å². The van der Waals surface area contributed by atoms with Crippen LogP contribution in [0.5, 0.6) is 0 Å². The number of aromatic nitrogens is 1. The highest BCUT2D eigenvalue weighted by molar-refractivity contribution is 7.14. The number of nitrogens with one attached hydrogen (secondary N) is 2. The predicted octanol–water partition coefficient (Wildman–Crippen LogP) is 6.99. The fourth-order valence-electron chi connectivity index (χ4n) is 2.96. The Bertz CT molecular complexity index is 907. The lowest BCUT2D eigenvalue weighted by atomic mass is 10.1. The Morgan fingerprint density at radius 2 is 1.66 bits per heavy atom. The minimum absolute atomic E-state index is 0.0636. The van der Waals surface area contributed by atoms with Gasteiger partial charge in [-0.2, -0.15) is 0 Å². The standard InChI is InChI=1S/C23H26FN3OS/c1-2-3-4-5-6-7-22(28)25-19-12-8-17(9-13-19)21-16-29-23(27-21)26-20-14-10-18(24)11-15-20/h8-16H,2-7H2,1H3,(H,25,28)(H,26,27). The quantitative estimate of drug-likeness (QED) is 0.353. The molecule has 29 heavy (non-hydrogen) atoms. The van der Waals surface area contributed by atoms with Crippen molar-refractivity contribution >= 4 is 33.8 Å². The van der Waals surface area contributed by atoms with Crippen LogP contribution in [0.15, 0.2) is 53.9 Å². The van der Waals surface area contributed by atoms with Crippen molar-refractivity contribution in [3.05, 3.63) is 59.7 Å². The van der Waals surface area contributed by atoms with Gasteiger partial charge in [0.1, 0.15) is 5.82 Å². The number of rotatable bonds is 10. The van der Waals surface area contributed by atoms with Crippen LogP contribution in [0.1, 0.15) is 45.4 Å². The summed E-state index contributed by atoms with van der Waals surface area (Å²) in [5, 5.41) is 8.84. The van der Waals surface area contributed by atoms with E-state index in [1.807, 2.05) is 29.6 Å². The van der Waals surface area contributed by atoms with Crippen LogP contribution < -0.4 is 10.6 Å². The summed E-state index contributed by atoms with van der Waals surface area (Å²) in [5.74, 6) is -0.201. The van der Waals surface area contributed by atoms with Crippen LogP contribution in [0.4, 0.5) is 20.9 Å². The maximum atomic E-state index is 13.0. The fourth-order valence-corrected chi connectivity index (χ4v) is 3.70. The Hall–Kier alpha value is -2.73. The van der Waals surface area contributed by atoms with Gasteiger partial charge in [0.05, 0.1) is 5.69 Å². The lowest BCUT2D eigenvalue weighted by Gasteiger charge is -2.06. The number of amides is 1. The van der Waals surface area contributed by atoms with Gasteiger partial charge in [-0.25, -0.2) is 9.37 Å². The molecule has 2 aromatic carbocycles. The molecule has 0 fully saturated rings. The van der Waals surface area contributed by atoms with Crippen molar-refractivity contribution in [2.75, 3.05) is 10.6 Å². The Labute approximate surface area is 175 Å². The highest BCUT2D eigenvalue weighted by Crippen LogP contribution is 2.28. The molecule has 0 aliphatic rings. The van der Waals surface area contributed by atoms with E-state index in [2.05, 4.69) is 22.5 Å². The molecule has 0 atom stereocenters. The number of hydrogen-bond donors (Lipinski definition) is 2. The second-order valence-electron chi connectivity index (χ2n) is 6.96. The molecule has 3 aromatic rings. The summed E-state index contributed by atoms with van der Waals surface area (Å²) < 4.78 is 13.0. The molecule has 6 heteroatoms. The van der Waals surface area contributed by atoms with Gasteiger partial charge in [-0.05, 0) is 42.8 Å². The third kappa shape index (κ3) is 6.68. The summed E-state index contributed by atoms with van der Waals surface area (Å²) in [5.41, 5.74) is 3.42. The topological polar surface area (TPSA) is 54.0 Å². The van der Waals surface area contributed by atoms with E-state index in [1.54, 1.807) is 12.1 Å². The van der Waals surface area contributed by atoms with Gasteiger partial charge in [0.25, 0.3) is 0 Å². The number of unbranched alkanes of at least 4 members (excludes halogenated alkanes) is 4. The summed E-state index contributed by atoms with van der Waals surface area (Å²) in [6.45, 7) is 2.19. The first-order chi connectivity index (χ1) is 14.1. The first-order valence-electron chi connectivity index (χ1n) is 10.0. The normalized spacial score (nSPS) is 10.7. The number of halogens is 1. The number of anilines is 3. The minimum Gasteiger partial charge on any atom is -0.332 e. The molecule has 1 heterocycles. The largest absolute Gasteiger partial charge is 0.332 e. The average Bonchev–Trinajstić information content (AvgIpc) is 3.19. The van der Waals surface area contributed by atoms with Crippen molar-refractivity contribution in [2.24, 2.45) is 0 Å². The number of thiazole rings is 1. The van der Waals surface area contributed by atoms with Gasteiger partial charge in [-0.1, -0.05) is 44.7 Å². The Morgan fingerprint density at radius 3 is 2.38 bits per heavy atom. The SMILES string of the molecule is CCCCCCCC(=O)Nc1ccc(-c2csc(Nc3ccc(F)cc3)n2)cc1. The zero-order chi connectivity index (χ0) is 20.5. The van der Waals surface area contributed by atoms with Crippen molar-refractivity contribution in [1.29, 1.82) is 0 Å². The smallest absolute Gasteiger partial charge is 0.224 e. The minimum atomic E-state index is -0.265. The molecular formula is C23H26FN3OS. The second-order valence-corrected chi connectivity index (χ2v) is 7.82. The molecule has 152 valence electrons. The zero-order valence-electron chi connectivity index (χ0n) is 16.6. The number of carbonyl (C=O) groups is 1. The molecule has 0 aliphatic heterocycles. The van der Waals surface area contributed by atoms with Crippen LogP contribution in [-0.2, 0) is 4.79 Å². The highest BCUT2D eigenvalue weighted by Gasteiger charge is 2.07. The van der Waals surface area contributed by atoms with Crippen LogP contribution >= 0.6 is 11.3 Å². The van der Waals surface area contributed by atoms with E-state index in [0.29, 0.717) is 6.42 Å². The molecule has 2 N–H and O–H groups in total. The van der Waals surface area contributed by atoms with Gasteiger partial charge < -0.3 is 10.6 Å². The summed E-state index contributed by atoms with van der Waals surface area (Å²) in [6.07, 6.45) is 6.26. The van der Waals surface area contributed by atoms with Gasteiger partial charge in [0.2, 0.25) is 5.91 Å². The fraction of sp³-hybridized carbons (Fsp3) is 0.304. The van der Waals surface area contributed by atoms with E-state index in [9.17, 15) is 9.18 Å². The lowest BCUT2D eigenvalue weighted by Crippen LogP contribution is -2.10. The van der Waals surface area contributed by atoms with Crippen molar-refractivity contribution in [2.45, 2.75) is 45.4 Å². The molecule has 4 nitrogen and oxygen atoms in total. The summed E-state index contributed by atoms with van der Waals surface area (Å²) in [7, 11) is 0. The summed E-state index contributed by atoms with van der Waals surface area (Å²) >= 11 is 1.49. The van der Waals surface area contributed by atoms with Gasteiger partial charge in [-0.15, -0.1) is 11.3 Å². The molecular weight excluding hydrogens is 385 g/mol. The summed E-state index contributed by atoms with van der Waals surface area (Å²) in [4.78, 5) is 16.6. The van der Waals surface area contributed by atoms with Gasteiger partial charge >= 0.3 is 0 Å². The van der Waals surface area contributed by atoms with E-state index < -0.39 is 0 Å². The zero-order valence-corrected chi connectivity index (χ0v) is 17.4. The molecule has 0 spiro atoms. The van der Waals surface area contributed by atoms with Crippen LogP contribution in [0.2, 0.25) is 0 Å². The number of benzene rings is 2. The van der Waals surface area contributed by atoms with E-state index in [4.69, 9.17) is 0 Å². The van der Waals surface area contributed by atoms with Crippen molar-refractivity contribution in [3.63, 3.8) is 0 Å². The molecule has 0 radical (unpaired) electrons. The maximum absolute atomic E-state index is 13.0. The predicted molar refractivity (Wildman–Crippen MR) is 119 cm³/mol. The average molecular weight is 412 g/mol. The van der Waals surface area contributed by atoms with E-state index in [-0.39, 0.29) is 11.7 Å². The molecule has 0 saturated heterocycles. The lowest BCUT2D eigenvalue weighted by molar-refractivity contribution is -0.116. The molecule has 0 saturated carbocycles. The number of carbonyl (C=O) groups excluding carboxylic acids is 1. The van der Waals surface area contributed by atoms with E-state index in [1.165, 1.54) is 42.7 Å². The maximum Gasteiger partial charge on any atom is 0.224 e. The molecule has 0 unspecified atom stereocenters. The van der Waals surface area contributed by atoms with Crippen LogP contribution in [-0.4, -0.2) is 10.9 Å². The third-order valence-corrected chi connectivity index (χ3v) is 5.33. The van der Waals surface area contributed by atoms with Crippen LogP contribution in [0, 0.1) is 5.82 Å². The first kappa shape index (κ1) is 21.0. The van der Waals surface area contributed by atoms with Gasteiger partial charge in [-0.3, -0.25) is 4.79 Å². The van der Waals surface area contributed by atoms with Crippen molar-refractivity contribution in [3.8, 4) is 11.3 Å². The molecule has 3 rings (SSSR count). The third-order valence-electron chi connectivity index (χ3n) is 4.57. The Balaban J connectivity index is 1.51. The van der Waals surface area contributed by atoms with Crippen molar-refractivity contribution in [1.82, 2.24) is 4.98 Å². The molecule has 0 aliphatic carbocycles. The van der Waals surface area contributed by atoms with Crippen LogP contribution in [0.3, 0.4) is 0 Å². The second kappa shape index (κ2) is 10.7. The van der Waals surface area contributed by atoms with Crippen LogP contribution in [0.25, 0.3) is 11.3 Å². The van der Waals surface area contributed by atoms with Gasteiger partial charge in [0, 0.05) is 28.7 Å². The monoisotopic (exact) mass is 411 g/mol. The van der Waals surface area contributed by atoms with E-state index >= 15 is 0 Å². The molecule has 1 aromatic heterocycles. The Kier molecular flexibility index (Phi) is 7.76. The molecule has 0 bridgehead atoms.